The third-order valence-corrected chi connectivity index (χ3v) is 3.62. The second-order valence-corrected chi connectivity index (χ2v) is 5.95. The number of hydrogen-bond acceptors (Lipinski definition) is 3. The van der Waals surface area contributed by atoms with E-state index in [1.807, 2.05) is 24.3 Å². The standard InChI is InChI=1S/C18H24N2O/c1-18(2,12-11-14-7-5-4-6-8-14)20-17-13-15(21-3)9-10-16(17)19/h4-10,13,20H,11-12,19H2,1-3H3. The van der Waals surface area contributed by atoms with Gasteiger partial charge in [0, 0.05) is 11.6 Å². The minimum Gasteiger partial charge on any atom is -0.497 e. The van der Waals surface area contributed by atoms with Gasteiger partial charge in [0.1, 0.15) is 5.75 Å². The molecule has 2 aromatic rings. The molecule has 0 bridgehead atoms. The Morgan fingerprint density at radius 1 is 1.10 bits per heavy atom. The zero-order valence-electron chi connectivity index (χ0n) is 13.0. The minimum atomic E-state index is -0.0453. The van der Waals surface area contributed by atoms with Crippen LogP contribution in [0.1, 0.15) is 25.8 Å². The lowest BCUT2D eigenvalue weighted by Crippen LogP contribution is -2.31. The number of nitrogen functional groups attached to an aromatic ring is 1. The molecule has 2 aromatic carbocycles. The lowest BCUT2D eigenvalue weighted by molar-refractivity contribution is 0.415. The Kier molecular flexibility index (Phi) is 4.73. The molecule has 3 nitrogen and oxygen atoms in total. The fraction of sp³-hybridized carbons (Fsp3) is 0.333. The van der Waals surface area contributed by atoms with Gasteiger partial charge in [-0.25, -0.2) is 0 Å². The lowest BCUT2D eigenvalue weighted by atomic mass is 9.94. The Hall–Kier alpha value is -2.16. The predicted octanol–water partition coefficient (Wildman–Crippen LogP) is 4.10. The van der Waals surface area contributed by atoms with Gasteiger partial charge in [0.15, 0.2) is 0 Å². The van der Waals surface area contributed by atoms with E-state index in [-0.39, 0.29) is 5.54 Å². The van der Waals surface area contributed by atoms with Crippen LogP contribution in [0.25, 0.3) is 0 Å². The Morgan fingerprint density at radius 2 is 1.81 bits per heavy atom. The summed E-state index contributed by atoms with van der Waals surface area (Å²) < 4.78 is 5.26. The molecule has 0 heterocycles. The summed E-state index contributed by atoms with van der Waals surface area (Å²) in [5.74, 6) is 0.811. The molecular formula is C18H24N2O. The van der Waals surface area contributed by atoms with Crippen LogP contribution >= 0.6 is 0 Å². The van der Waals surface area contributed by atoms with Crippen molar-refractivity contribution in [2.24, 2.45) is 0 Å². The molecule has 112 valence electrons. The van der Waals surface area contributed by atoms with Crippen molar-refractivity contribution in [3.8, 4) is 5.75 Å². The first-order chi connectivity index (χ1) is 10.00. The summed E-state index contributed by atoms with van der Waals surface area (Å²) in [5.41, 5.74) is 9.01. The van der Waals surface area contributed by atoms with E-state index in [4.69, 9.17) is 10.5 Å². The van der Waals surface area contributed by atoms with Crippen LogP contribution in [0.4, 0.5) is 11.4 Å². The van der Waals surface area contributed by atoms with E-state index in [0.29, 0.717) is 0 Å². The number of benzene rings is 2. The van der Waals surface area contributed by atoms with Crippen LogP contribution in [0, 0.1) is 0 Å². The number of aryl methyl sites for hydroxylation is 1. The maximum atomic E-state index is 6.04. The van der Waals surface area contributed by atoms with Crippen molar-refractivity contribution in [1.29, 1.82) is 0 Å². The molecule has 0 saturated carbocycles. The Bertz CT molecular complexity index is 579. The monoisotopic (exact) mass is 284 g/mol. The topological polar surface area (TPSA) is 47.3 Å². The molecule has 0 unspecified atom stereocenters. The van der Waals surface area contributed by atoms with Crippen molar-refractivity contribution in [3.05, 3.63) is 54.1 Å². The van der Waals surface area contributed by atoms with Crippen LogP contribution in [0.3, 0.4) is 0 Å². The van der Waals surface area contributed by atoms with Crippen molar-refractivity contribution in [1.82, 2.24) is 0 Å². The molecule has 0 atom stereocenters. The van der Waals surface area contributed by atoms with Crippen molar-refractivity contribution >= 4 is 11.4 Å². The van der Waals surface area contributed by atoms with Crippen molar-refractivity contribution in [3.63, 3.8) is 0 Å². The molecule has 0 spiro atoms. The third-order valence-electron chi connectivity index (χ3n) is 3.62. The molecule has 0 aromatic heterocycles. The number of anilines is 2. The van der Waals surface area contributed by atoms with E-state index in [0.717, 1.165) is 30.0 Å². The maximum Gasteiger partial charge on any atom is 0.121 e. The lowest BCUT2D eigenvalue weighted by Gasteiger charge is -2.28. The number of hydrogen-bond donors (Lipinski definition) is 2. The molecule has 0 amide bonds. The zero-order chi connectivity index (χ0) is 15.3. The quantitative estimate of drug-likeness (QED) is 0.785. The van der Waals surface area contributed by atoms with Crippen molar-refractivity contribution in [2.75, 3.05) is 18.2 Å². The van der Waals surface area contributed by atoms with Gasteiger partial charge in [-0.1, -0.05) is 30.3 Å². The van der Waals surface area contributed by atoms with E-state index in [2.05, 4.69) is 43.4 Å². The highest BCUT2D eigenvalue weighted by Crippen LogP contribution is 2.28. The molecule has 0 aliphatic heterocycles. The van der Waals surface area contributed by atoms with E-state index < -0.39 is 0 Å². The second kappa shape index (κ2) is 6.53. The summed E-state index contributed by atoms with van der Waals surface area (Å²) in [5, 5.41) is 3.53. The third kappa shape index (κ3) is 4.42. The largest absolute Gasteiger partial charge is 0.497 e. The van der Waals surface area contributed by atoms with Crippen LogP contribution in [0.5, 0.6) is 5.75 Å². The van der Waals surface area contributed by atoms with Crippen LogP contribution < -0.4 is 15.8 Å². The Morgan fingerprint density at radius 3 is 2.48 bits per heavy atom. The first kappa shape index (κ1) is 15.2. The van der Waals surface area contributed by atoms with Crippen molar-refractivity contribution < 1.29 is 4.74 Å². The highest BCUT2D eigenvalue weighted by atomic mass is 16.5. The molecule has 0 radical (unpaired) electrons. The normalized spacial score (nSPS) is 11.2. The molecule has 0 aliphatic rings. The van der Waals surface area contributed by atoms with Crippen LogP contribution in [-0.4, -0.2) is 12.6 Å². The van der Waals surface area contributed by atoms with E-state index >= 15 is 0 Å². The van der Waals surface area contributed by atoms with Gasteiger partial charge in [0.25, 0.3) is 0 Å². The van der Waals surface area contributed by atoms with Gasteiger partial charge in [0.2, 0.25) is 0 Å². The van der Waals surface area contributed by atoms with Gasteiger partial charge in [0.05, 0.1) is 18.5 Å². The van der Waals surface area contributed by atoms with Crippen LogP contribution in [0.2, 0.25) is 0 Å². The second-order valence-electron chi connectivity index (χ2n) is 5.95. The molecule has 0 aliphatic carbocycles. The fourth-order valence-corrected chi connectivity index (χ4v) is 2.30. The maximum absolute atomic E-state index is 6.04. The number of ether oxygens (including phenoxy) is 1. The van der Waals surface area contributed by atoms with Gasteiger partial charge < -0.3 is 15.8 Å². The summed E-state index contributed by atoms with van der Waals surface area (Å²) in [6.07, 6.45) is 2.05. The Labute approximate surface area is 127 Å². The van der Waals surface area contributed by atoms with Gasteiger partial charge in [-0.05, 0) is 44.4 Å². The minimum absolute atomic E-state index is 0.0453. The zero-order valence-corrected chi connectivity index (χ0v) is 13.0. The summed E-state index contributed by atoms with van der Waals surface area (Å²) in [6.45, 7) is 4.38. The van der Waals surface area contributed by atoms with Gasteiger partial charge >= 0.3 is 0 Å². The molecule has 2 rings (SSSR count). The number of nitrogens with one attached hydrogen (secondary N) is 1. The number of rotatable bonds is 6. The van der Waals surface area contributed by atoms with Crippen LogP contribution in [-0.2, 0) is 6.42 Å². The predicted molar refractivity (Wildman–Crippen MR) is 89.9 cm³/mol. The molecule has 0 fully saturated rings. The van der Waals surface area contributed by atoms with Gasteiger partial charge in [-0.3, -0.25) is 0 Å². The number of methoxy groups -OCH3 is 1. The summed E-state index contributed by atoms with van der Waals surface area (Å²) >= 11 is 0. The molecular weight excluding hydrogens is 260 g/mol. The molecule has 3 N–H and O–H groups in total. The molecule has 0 saturated heterocycles. The average Bonchev–Trinajstić information content (AvgIpc) is 2.48. The average molecular weight is 284 g/mol. The van der Waals surface area contributed by atoms with Gasteiger partial charge in [-0.15, -0.1) is 0 Å². The number of nitrogens with two attached hydrogens (primary N) is 1. The van der Waals surface area contributed by atoms with E-state index in [1.165, 1.54) is 5.56 Å². The summed E-state index contributed by atoms with van der Waals surface area (Å²) in [4.78, 5) is 0. The fourth-order valence-electron chi connectivity index (χ4n) is 2.30. The highest BCUT2D eigenvalue weighted by molar-refractivity contribution is 5.69. The van der Waals surface area contributed by atoms with Crippen molar-refractivity contribution in [2.45, 2.75) is 32.2 Å². The van der Waals surface area contributed by atoms with Crippen LogP contribution in [0.15, 0.2) is 48.5 Å². The SMILES string of the molecule is COc1ccc(N)c(NC(C)(C)CCc2ccccc2)c1. The first-order valence-corrected chi connectivity index (χ1v) is 7.26. The smallest absolute Gasteiger partial charge is 0.121 e. The summed E-state index contributed by atoms with van der Waals surface area (Å²) in [7, 11) is 1.66. The summed E-state index contributed by atoms with van der Waals surface area (Å²) in [6, 6.07) is 16.2. The Balaban J connectivity index is 2.03. The van der Waals surface area contributed by atoms with Gasteiger partial charge in [-0.2, -0.15) is 0 Å². The molecule has 3 heteroatoms. The first-order valence-electron chi connectivity index (χ1n) is 7.26. The highest BCUT2D eigenvalue weighted by Gasteiger charge is 2.18. The van der Waals surface area contributed by atoms with E-state index in [1.54, 1.807) is 7.11 Å². The molecule has 21 heavy (non-hydrogen) atoms. The van der Waals surface area contributed by atoms with E-state index in [9.17, 15) is 0 Å².